The normalized spacial score (nSPS) is 20.1. The highest BCUT2D eigenvalue weighted by molar-refractivity contribution is 7.92. The van der Waals surface area contributed by atoms with Gasteiger partial charge >= 0.3 is 0 Å². The predicted molar refractivity (Wildman–Crippen MR) is 96.5 cm³/mol. The summed E-state index contributed by atoms with van der Waals surface area (Å²) in [7, 11) is -7.01. The van der Waals surface area contributed by atoms with Gasteiger partial charge in [0, 0.05) is 25.2 Å². The molecule has 0 bridgehead atoms. The molecule has 1 atom stereocenters. The molecule has 0 spiro atoms. The lowest BCUT2D eigenvalue weighted by Crippen LogP contribution is -2.43. The molecule has 140 valence electrons. The molecule has 1 aromatic rings. The van der Waals surface area contributed by atoms with E-state index in [4.69, 9.17) is 0 Å². The maximum atomic E-state index is 13.0. The zero-order valence-corrected chi connectivity index (χ0v) is 16.2. The van der Waals surface area contributed by atoms with E-state index < -0.39 is 25.9 Å². The summed E-state index contributed by atoms with van der Waals surface area (Å²) in [5.74, 6) is -0.295. The van der Waals surface area contributed by atoms with Gasteiger partial charge in [-0.2, -0.15) is 4.31 Å². The van der Waals surface area contributed by atoms with E-state index in [2.05, 4.69) is 5.32 Å². The Morgan fingerprint density at radius 2 is 1.88 bits per heavy atom. The van der Waals surface area contributed by atoms with E-state index in [9.17, 15) is 21.6 Å². The second-order valence-corrected chi connectivity index (χ2v) is 10.9. The van der Waals surface area contributed by atoms with Crippen LogP contribution in [-0.2, 0) is 24.7 Å². The fourth-order valence-electron chi connectivity index (χ4n) is 2.85. The van der Waals surface area contributed by atoms with Crippen molar-refractivity contribution >= 4 is 31.5 Å². The van der Waals surface area contributed by atoms with Crippen LogP contribution in [0.4, 0.5) is 5.69 Å². The highest BCUT2D eigenvalue weighted by Crippen LogP contribution is 2.26. The third kappa shape index (κ3) is 5.02. The van der Waals surface area contributed by atoms with Gasteiger partial charge in [0.2, 0.25) is 15.9 Å². The predicted octanol–water partition coefficient (Wildman–Crippen LogP) is 1.48. The summed E-state index contributed by atoms with van der Waals surface area (Å²) >= 11 is 0. The number of carbonyl (C=O) groups excluding carboxylic acids is 1. The summed E-state index contributed by atoms with van der Waals surface area (Å²) in [6.45, 7) is 5.42. The van der Waals surface area contributed by atoms with Crippen molar-refractivity contribution in [2.75, 3.05) is 23.4 Å². The van der Waals surface area contributed by atoms with Crippen LogP contribution in [0.2, 0.25) is 0 Å². The van der Waals surface area contributed by atoms with Gasteiger partial charge in [0.25, 0.3) is 0 Å². The van der Waals surface area contributed by atoms with Gasteiger partial charge in [0.05, 0.1) is 16.4 Å². The number of nitrogens with zero attached hydrogens (tertiary/aromatic N) is 1. The lowest BCUT2D eigenvalue weighted by atomic mass is 10.2. The largest absolute Gasteiger partial charge is 0.326 e. The van der Waals surface area contributed by atoms with Crippen LogP contribution >= 0.6 is 0 Å². The second kappa shape index (κ2) is 7.43. The molecule has 1 fully saturated rings. The summed E-state index contributed by atoms with van der Waals surface area (Å²) in [5.41, 5.74) is 0.505. The monoisotopic (exact) mass is 388 g/mol. The molecule has 1 aliphatic rings. The maximum Gasteiger partial charge on any atom is 0.243 e. The minimum Gasteiger partial charge on any atom is -0.326 e. The molecule has 0 radical (unpaired) electrons. The molecule has 0 saturated carbocycles. The lowest BCUT2D eigenvalue weighted by molar-refractivity contribution is -0.114. The van der Waals surface area contributed by atoms with E-state index in [1.54, 1.807) is 0 Å². The van der Waals surface area contributed by atoms with Gasteiger partial charge in [-0.3, -0.25) is 4.79 Å². The smallest absolute Gasteiger partial charge is 0.243 e. The van der Waals surface area contributed by atoms with Crippen LogP contribution in [0.3, 0.4) is 0 Å². The van der Waals surface area contributed by atoms with Gasteiger partial charge in [-0.15, -0.1) is 0 Å². The van der Waals surface area contributed by atoms with Crippen molar-refractivity contribution in [3.63, 3.8) is 0 Å². The zero-order valence-electron chi connectivity index (χ0n) is 14.6. The summed E-state index contributed by atoms with van der Waals surface area (Å²) in [6, 6.07) is 5.36. The van der Waals surface area contributed by atoms with Gasteiger partial charge in [-0.25, -0.2) is 16.8 Å². The number of hydrogen-bond acceptors (Lipinski definition) is 5. The Hall–Kier alpha value is -1.45. The number of sulfonamides is 1. The molecule has 7 nitrogen and oxygen atoms in total. The van der Waals surface area contributed by atoms with Crippen molar-refractivity contribution in [3.8, 4) is 0 Å². The molecule has 0 aromatic heterocycles. The quantitative estimate of drug-likeness (QED) is 0.795. The molecule has 25 heavy (non-hydrogen) atoms. The summed E-state index contributed by atoms with van der Waals surface area (Å²) in [5, 5.41) is 2.58. The minimum atomic E-state index is -3.82. The number of nitrogens with one attached hydrogen (secondary N) is 1. The third-order valence-electron chi connectivity index (χ3n) is 3.94. The topological polar surface area (TPSA) is 101 Å². The van der Waals surface area contributed by atoms with Crippen molar-refractivity contribution in [1.82, 2.24) is 4.31 Å². The molecule has 1 saturated heterocycles. The van der Waals surface area contributed by atoms with Crippen LogP contribution in [0.5, 0.6) is 0 Å². The highest BCUT2D eigenvalue weighted by atomic mass is 32.2. The summed E-state index contributed by atoms with van der Waals surface area (Å²) in [6.07, 6.45) is 0.318. The first-order chi connectivity index (χ1) is 11.5. The lowest BCUT2D eigenvalue weighted by Gasteiger charge is -2.29. The number of benzene rings is 1. The fourth-order valence-corrected chi connectivity index (χ4v) is 6.50. The van der Waals surface area contributed by atoms with Crippen molar-refractivity contribution < 1.29 is 21.6 Å². The minimum absolute atomic E-state index is 0.0171. The highest BCUT2D eigenvalue weighted by Gasteiger charge is 2.38. The zero-order chi connectivity index (χ0) is 18.8. The molecular formula is C16H24N2O5S2. The number of sulfone groups is 1. The molecule has 0 aliphatic carbocycles. The van der Waals surface area contributed by atoms with Crippen molar-refractivity contribution in [2.45, 2.75) is 38.1 Å². The van der Waals surface area contributed by atoms with Crippen molar-refractivity contribution in [3.05, 3.63) is 24.3 Å². The molecule has 2 rings (SSSR count). The molecule has 1 aromatic carbocycles. The second-order valence-electron chi connectivity index (χ2n) is 6.73. The SMILES string of the molecule is CC(=O)Nc1ccc(S(=O)(=O)N(CC(C)C)[C@@H]2CCS(=O)(=O)C2)cc1. The van der Waals surface area contributed by atoms with Crippen LogP contribution in [-0.4, -0.2) is 51.1 Å². The number of rotatable bonds is 6. The molecule has 1 N–H and O–H groups in total. The Labute approximate surface area is 149 Å². The Morgan fingerprint density at radius 3 is 2.32 bits per heavy atom. The molecule has 1 amide bonds. The van der Waals surface area contributed by atoms with Gasteiger partial charge in [0.15, 0.2) is 9.84 Å². The molecule has 9 heteroatoms. The van der Waals surface area contributed by atoms with Gasteiger partial charge in [-0.1, -0.05) is 13.8 Å². The first-order valence-corrected chi connectivity index (χ1v) is 11.4. The maximum absolute atomic E-state index is 13.0. The molecular weight excluding hydrogens is 364 g/mol. The number of amides is 1. The Kier molecular flexibility index (Phi) is 5.90. The number of hydrogen-bond donors (Lipinski definition) is 1. The van der Waals surface area contributed by atoms with Crippen LogP contribution < -0.4 is 5.32 Å². The van der Waals surface area contributed by atoms with E-state index in [0.29, 0.717) is 12.1 Å². The Bertz CT molecular complexity index is 830. The van der Waals surface area contributed by atoms with Gasteiger partial charge in [-0.05, 0) is 36.6 Å². The van der Waals surface area contributed by atoms with Crippen LogP contribution in [0.1, 0.15) is 27.2 Å². The first kappa shape index (κ1) is 19.9. The number of anilines is 1. The Balaban J connectivity index is 2.33. The third-order valence-corrected chi connectivity index (χ3v) is 7.62. The summed E-state index contributed by atoms with van der Waals surface area (Å²) < 4.78 is 51.0. The fraction of sp³-hybridized carbons (Fsp3) is 0.562. The van der Waals surface area contributed by atoms with Gasteiger partial charge in [0.1, 0.15) is 0 Å². The van der Waals surface area contributed by atoms with E-state index >= 15 is 0 Å². The van der Waals surface area contributed by atoms with Crippen LogP contribution in [0.25, 0.3) is 0 Å². The van der Waals surface area contributed by atoms with Crippen LogP contribution in [0.15, 0.2) is 29.2 Å². The summed E-state index contributed by atoms with van der Waals surface area (Å²) in [4.78, 5) is 11.2. The molecule has 1 heterocycles. The van der Waals surface area contributed by atoms with E-state index in [0.717, 1.165) is 0 Å². The van der Waals surface area contributed by atoms with E-state index in [-0.39, 0.29) is 34.8 Å². The average molecular weight is 389 g/mol. The first-order valence-electron chi connectivity index (χ1n) is 8.11. The molecule has 0 unspecified atom stereocenters. The molecule has 1 aliphatic heterocycles. The van der Waals surface area contributed by atoms with Crippen molar-refractivity contribution in [1.29, 1.82) is 0 Å². The Morgan fingerprint density at radius 1 is 1.28 bits per heavy atom. The van der Waals surface area contributed by atoms with E-state index in [1.807, 2.05) is 13.8 Å². The number of carbonyl (C=O) groups is 1. The standard InChI is InChI=1S/C16H24N2O5S2/c1-12(2)10-18(15-8-9-24(20,21)11-15)25(22,23)16-6-4-14(5-7-16)17-13(3)19/h4-7,12,15H,8-11H2,1-3H3,(H,17,19)/t15-/m1/s1. The van der Waals surface area contributed by atoms with Crippen molar-refractivity contribution in [2.24, 2.45) is 5.92 Å². The average Bonchev–Trinajstić information content (AvgIpc) is 2.84. The van der Waals surface area contributed by atoms with Gasteiger partial charge < -0.3 is 5.32 Å². The van der Waals surface area contributed by atoms with Crippen LogP contribution in [0, 0.1) is 5.92 Å². The van der Waals surface area contributed by atoms with E-state index in [1.165, 1.54) is 35.5 Å².